The van der Waals surface area contributed by atoms with E-state index in [1.54, 1.807) is 25.2 Å². The van der Waals surface area contributed by atoms with Crippen LogP contribution in [0.2, 0.25) is 0 Å². The number of hydrogen-bond acceptors (Lipinski definition) is 3. The van der Waals surface area contributed by atoms with Crippen LogP contribution >= 0.6 is 0 Å². The number of rotatable bonds is 4. The standard InChI is InChI=1S/C18H23FN2O/c1-5-14(3)20-18-12-16(10-11-21(18)4)22-15-7-6-13(2)17(19)9-8-15/h5-8,10-12,18,20H,9H2,1-4H3/b14-5+. The number of ether oxygens (including phenoxy) is 1. The van der Waals surface area contributed by atoms with Crippen LogP contribution in [0.3, 0.4) is 0 Å². The lowest BCUT2D eigenvalue weighted by molar-refractivity contribution is 0.290. The van der Waals surface area contributed by atoms with Crippen LogP contribution in [0, 0.1) is 0 Å². The first-order valence-electron chi connectivity index (χ1n) is 7.42. The summed E-state index contributed by atoms with van der Waals surface area (Å²) in [5.41, 5.74) is 1.74. The van der Waals surface area contributed by atoms with E-state index in [2.05, 4.69) is 10.2 Å². The van der Waals surface area contributed by atoms with Crippen molar-refractivity contribution in [1.29, 1.82) is 0 Å². The summed E-state index contributed by atoms with van der Waals surface area (Å²) >= 11 is 0. The molecule has 0 amide bonds. The third kappa shape index (κ3) is 4.13. The van der Waals surface area contributed by atoms with Crippen molar-refractivity contribution in [2.45, 2.75) is 33.4 Å². The molecule has 0 aromatic rings. The largest absolute Gasteiger partial charge is 0.458 e. The highest BCUT2D eigenvalue weighted by atomic mass is 19.1. The van der Waals surface area contributed by atoms with Crippen LogP contribution in [0.25, 0.3) is 0 Å². The molecule has 3 nitrogen and oxygen atoms in total. The SMILES string of the molecule is C/C=C(\C)NC1C=C(OC2=CCC(F)=C(C)C=C2)C=CN1C. The van der Waals surface area contributed by atoms with Crippen LogP contribution in [0.15, 0.2) is 71.3 Å². The predicted molar refractivity (Wildman–Crippen MR) is 88.1 cm³/mol. The monoisotopic (exact) mass is 302 g/mol. The lowest BCUT2D eigenvalue weighted by Gasteiger charge is -2.29. The van der Waals surface area contributed by atoms with E-state index in [9.17, 15) is 4.39 Å². The molecule has 1 unspecified atom stereocenters. The second-order valence-electron chi connectivity index (χ2n) is 5.45. The summed E-state index contributed by atoms with van der Waals surface area (Å²) in [6.07, 6.45) is 13.5. The number of nitrogens with zero attached hydrogens (tertiary/aromatic N) is 1. The van der Waals surface area contributed by atoms with Gasteiger partial charge in [0.05, 0.1) is 0 Å². The Morgan fingerprint density at radius 1 is 1.36 bits per heavy atom. The fourth-order valence-electron chi connectivity index (χ4n) is 2.07. The molecule has 118 valence electrons. The van der Waals surface area contributed by atoms with E-state index in [4.69, 9.17) is 4.74 Å². The van der Waals surface area contributed by atoms with Gasteiger partial charge in [-0.3, -0.25) is 0 Å². The molecule has 2 aliphatic rings. The molecule has 22 heavy (non-hydrogen) atoms. The highest BCUT2D eigenvalue weighted by molar-refractivity contribution is 5.33. The third-order valence-corrected chi connectivity index (χ3v) is 3.69. The van der Waals surface area contributed by atoms with Gasteiger partial charge < -0.3 is 15.0 Å². The van der Waals surface area contributed by atoms with E-state index in [1.165, 1.54) is 0 Å². The zero-order valence-electron chi connectivity index (χ0n) is 13.6. The highest BCUT2D eigenvalue weighted by Crippen LogP contribution is 2.22. The van der Waals surface area contributed by atoms with Gasteiger partial charge in [-0.1, -0.05) is 12.2 Å². The Balaban J connectivity index is 2.08. The summed E-state index contributed by atoms with van der Waals surface area (Å²) in [6, 6.07) is 0. The molecular weight excluding hydrogens is 279 g/mol. The summed E-state index contributed by atoms with van der Waals surface area (Å²) < 4.78 is 19.4. The maximum absolute atomic E-state index is 13.6. The molecule has 1 atom stereocenters. The van der Waals surface area contributed by atoms with E-state index < -0.39 is 0 Å². The van der Waals surface area contributed by atoms with Crippen molar-refractivity contribution >= 4 is 0 Å². The van der Waals surface area contributed by atoms with Crippen molar-refractivity contribution in [1.82, 2.24) is 10.2 Å². The molecule has 1 aliphatic heterocycles. The smallest absolute Gasteiger partial charge is 0.128 e. The fraction of sp³-hybridized carbons (Fsp3) is 0.333. The van der Waals surface area contributed by atoms with Crippen molar-refractivity contribution < 1.29 is 9.13 Å². The molecule has 1 heterocycles. The minimum atomic E-state index is -0.119. The number of halogens is 1. The van der Waals surface area contributed by atoms with Crippen molar-refractivity contribution in [3.05, 3.63) is 71.3 Å². The van der Waals surface area contributed by atoms with E-state index >= 15 is 0 Å². The van der Waals surface area contributed by atoms with Gasteiger partial charge in [-0.2, -0.15) is 0 Å². The molecule has 0 bridgehead atoms. The van der Waals surface area contributed by atoms with E-state index in [1.807, 2.05) is 45.3 Å². The minimum absolute atomic E-state index is 0.0307. The van der Waals surface area contributed by atoms with E-state index in [-0.39, 0.29) is 18.4 Å². The van der Waals surface area contributed by atoms with Gasteiger partial charge in [-0.15, -0.1) is 0 Å². The van der Waals surface area contributed by atoms with E-state index in [0.717, 1.165) is 11.5 Å². The van der Waals surface area contributed by atoms with Crippen molar-refractivity contribution in [3.8, 4) is 0 Å². The van der Waals surface area contributed by atoms with Gasteiger partial charge in [0.1, 0.15) is 23.5 Å². The van der Waals surface area contributed by atoms with E-state index in [0.29, 0.717) is 11.3 Å². The van der Waals surface area contributed by atoms with Crippen LogP contribution in [0.5, 0.6) is 0 Å². The van der Waals surface area contributed by atoms with Crippen LogP contribution in [0.4, 0.5) is 4.39 Å². The highest BCUT2D eigenvalue weighted by Gasteiger charge is 2.15. The third-order valence-electron chi connectivity index (χ3n) is 3.69. The molecule has 0 aromatic carbocycles. The van der Waals surface area contributed by atoms with Crippen molar-refractivity contribution in [2.75, 3.05) is 7.05 Å². The van der Waals surface area contributed by atoms with Gasteiger partial charge >= 0.3 is 0 Å². The summed E-state index contributed by atoms with van der Waals surface area (Å²) in [4.78, 5) is 2.06. The average Bonchev–Trinajstić information content (AvgIpc) is 2.66. The maximum Gasteiger partial charge on any atom is 0.128 e. The molecule has 1 aliphatic carbocycles. The molecular formula is C18H23FN2O. The van der Waals surface area contributed by atoms with Crippen molar-refractivity contribution in [3.63, 3.8) is 0 Å². The number of hydrogen-bond donors (Lipinski definition) is 1. The first-order chi connectivity index (χ1) is 10.5. The Hall–Kier alpha value is -2.23. The first-order valence-corrected chi connectivity index (χ1v) is 7.42. The number of likely N-dealkylation sites (N-methyl/N-ethyl adjacent to an activating group) is 1. The zero-order chi connectivity index (χ0) is 16.1. The molecule has 1 N–H and O–H groups in total. The zero-order valence-corrected chi connectivity index (χ0v) is 13.6. The first kappa shape index (κ1) is 16.1. The molecule has 0 saturated heterocycles. The summed E-state index contributed by atoms with van der Waals surface area (Å²) in [5, 5.41) is 3.39. The topological polar surface area (TPSA) is 24.5 Å². The quantitative estimate of drug-likeness (QED) is 0.839. The minimum Gasteiger partial charge on any atom is -0.458 e. The Bertz CT molecular complexity index is 609. The van der Waals surface area contributed by atoms with Crippen LogP contribution < -0.4 is 5.32 Å². The molecule has 0 radical (unpaired) electrons. The normalized spacial score (nSPS) is 22.3. The Morgan fingerprint density at radius 3 is 2.86 bits per heavy atom. The fourth-order valence-corrected chi connectivity index (χ4v) is 2.07. The number of nitrogens with one attached hydrogen (secondary N) is 1. The van der Waals surface area contributed by atoms with Crippen LogP contribution in [0.1, 0.15) is 27.2 Å². The number of allylic oxidation sites excluding steroid dienone is 8. The molecule has 0 spiro atoms. The lowest BCUT2D eigenvalue weighted by atomic mass is 10.2. The molecule has 0 aromatic heterocycles. The molecule has 4 heteroatoms. The second kappa shape index (κ2) is 7.16. The second-order valence-corrected chi connectivity index (χ2v) is 5.45. The molecule has 0 fully saturated rings. The Labute approximate surface area is 131 Å². The lowest BCUT2D eigenvalue weighted by Crippen LogP contribution is -2.39. The van der Waals surface area contributed by atoms with Crippen LogP contribution in [-0.2, 0) is 4.74 Å². The Morgan fingerprint density at radius 2 is 2.14 bits per heavy atom. The van der Waals surface area contributed by atoms with Crippen LogP contribution in [-0.4, -0.2) is 18.1 Å². The summed E-state index contributed by atoms with van der Waals surface area (Å²) in [5.74, 6) is 1.29. The molecule has 0 saturated carbocycles. The van der Waals surface area contributed by atoms with Gasteiger partial charge in [0.2, 0.25) is 0 Å². The average molecular weight is 302 g/mol. The Kier molecular flexibility index (Phi) is 5.26. The van der Waals surface area contributed by atoms with Gasteiger partial charge in [-0.25, -0.2) is 4.39 Å². The predicted octanol–water partition coefficient (Wildman–Crippen LogP) is 4.27. The maximum atomic E-state index is 13.6. The van der Waals surface area contributed by atoms with Gasteiger partial charge in [0, 0.05) is 31.4 Å². The van der Waals surface area contributed by atoms with Gasteiger partial charge in [-0.05, 0) is 44.6 Å². The summed E-state index contributed by atoms with van der Waals surface area (Å²) in [6.45, 7) is 5.78. The molecule has 2 rings (SSSR count). The summed E-state index contributed by atoms with van der Waals surface area (Å²) in [7, 11) is 2.00. The van der Waals surface area contributed by atoms with Crippen molar-refractivity contribution in [2.24, 2.45) is 0 Å². The van der Waals surface area contributed by atoms with Gasteiger partial charge in [0.15, 0.2) is 0 Å². The van der Waals surface area contributed by atoms with Gasteiger partial charge in [0.25, 0.3) is 0 Å².